The van der Waals surface area contributed by atoms with Gasteiger partial charge in [-0.3, -0.25) is 14.8 Å². The summed E-state index contributed by atoms with van der Waals surface area (Å²) in [4.78, 5) is 14.8. The molecule has 34 heavy (non-hydrogen) atoms. The second-order valence-corrected chi connectivity index (χ2v) is 10.7. The Bertz CT molecular complexity index is 1300. The summed E-state index contributed by atoms with van der Waals surface area (Å²) in [6.45, 7) is 9.16. The fraction of sp³-hybridized carbons (Fsp3) is 0.429. The number of esters is 1. The van der Waals surface area contributed by atoms with E-state index in [1.807, 2.05) is 37.7 Å². The number of aromatic nitrogens is 3. The number of carbonyl (C=O) groups excluding carboxylic acids is 1. The highest BCUT2D eigenvalue weighted by Crippen LogP contribution is 2.25. The van der Waals surface area contributed by atoms with Crippen LogP contribution in [0.4, 0.5) is 0 Å². The Morgan fingerprint density at radius 2 is 1.94 bits per heavy atom. The molecule has 1 aliphatic rings. The average Bonchev–Trinajstić information content (AvgIpc) is 3.39. The number of fused-ring (bicyclic) bond motifs is 2. The van der Waals surface area contributed by atoms with Crippen molar-refractivity contribution in [3.8, 4) is 0 Å². The van der Waals surface area contributed by atoms with Gasteiger partial charge in [0, 0.05) is 30.2 Å². The topological polar surface area (TPSA) is 63.1 Å². The summed E-state index contributed by atoms with van der Waals surface area (Å²) in [5.41, 5.74) is 4.42. The number of piperidine rings is 1. The Kier molecular flexibility index (Phi) is 6.17. The first-order valence-corrected chi connectivity index (χ1v) is 12.3. The van der Waals surface area contributed by atoms with Crippen LogP contribution in [0.2, 0.25) is 0 Å². The van der Waals surface area contributed by atoms with Gasteiger partial charge in [0.05, 0.1) is 11.7 Å². The lowest BCUT2D eigenvalue weighted by molar-refractivity contribution is -0.155. The monoisotopic (exact) mass is 458 g/mol. The smallest absolute Gasteiger partial charge is 0.326 e. The predicted molar refractivity (Wildman–Crippen MR) is 136 cm³/mol. The molecule has 1 atom stereocenters. The van der Waals surface area contributed by atoms with Gasteiger partial charge in [-0.15, -0.1) is 0 Å². The second-order valence-electron chi connectivity index (χ2n) is 10.7. The summed E-state index contributed by atoms with van der Waals surface area (Å²) in [5.74, 6) is 0.470. The highest BCUT2D eigenvalue weighted by Gasteiger charge is 2.21. The Hall–Kier alpha value is -3.12. The number of hydrogen-bond acceptors (Lipinski definition) is 4. The molecular weight excluding hydrogens is 424 g/mol. The Morgan fingerprint density at radius 1 is 1.12 bits per heavy atom. The van der Waals surface area contributed by atoms with Gasteiger partial charge < -0.3 is 9.30 Å². The zero-order chi connectivity index (χ0) is 23.7. The summed E-state index contributed by atoms with van der Waals surface area (Å²) < 4.78 is 7.46. The fourth-order valence-corrected chi connectivity index (χ4v) is 5.17. The molecule has 0 radical (unpaired) electrons. The number of nitrogens with one attached hydrogen (secondary N) is 1. The quantitative estimate of drug-likeness (QED) is 0.398. The van der Waals surface area contributed by atoms with Crippen LogP contribution in [-0.4, -0.2) is 44.3 Å². The summed E-state index contributed by atoms with van der Waals surface area (Å²) >= 11 is 0. The van der Waals surface area contributed by atoms with Crippen LogP contribution < -0.4 is 0 Å². The first-order valence-electron chi connectivity index (χ1n) is 12.3. The molecule has 0 aliphatic carbocycles. The number of likely N-dealkylation sites (tertiary alicyclic amines) is 1. The van der Waals surface area contributed by atoms with Crippen molar-refractivity contribution in [1.29, 1.82) is 0 Å². The van der Waals surface area contributed by atoms with Gasteiger partial charge in [-0.25, -0.2) is 0 Å². The van der Waals surface area contributed by atoms with Crippen LogP contribution in [0.15, 0.2) is 54.9 Å². The molecule has 6 nitrogen and oxygen atoms in total. The minimum Gasteiger partial charge on any atom is -0.459 e. The summed E-state index contributed by atoms with van der Waals surface area (Å²) in [7, 11) is 0. The van der Waals surface area contributed by atoms with Gasteiger partial charge in [0.15, 0.2) is 0 Å². The largest absolute Gasteiger partial charge is 0.459 e. The zero-order valence-corrected chi connectivity index (χ0v) is 20.4. The predicted octanol–water partition coefficient (Wildman–Crippen LogP) is 5.31. The van der Waals surface area contributed by atoms with Crippen molar-refractivity contribution in [2.75, 3.05) is 13.1 Å². The molecule has 2 aromatic carbocycles. The Morgan fingerprint density at radius 3 is 2.79 bits per heavy atom. The molecule has 2 aromatic heterocycles. The normalized spacial score (nSPS) is 17.4. The molecular formula is C28H34N4O2. The van der Waals surface area contributed by atoms with Gasteiger partial charge in [0.1, 0.15) is 12.1 Å². The maximum atomic E-state index is 12.3. The van der Waals surface area contributed by atoms with Gasteiger partial charge >= 0.3 is 5.97 Å². The summed E-state index contributed by atoms with van der Waals surface area (Å²) in [5, 5.41) is 9.54. The maximum absolute atomic E-state index is 12.3. The number of carbonyl (C=O) groups is 1. The van der Waals surface area contributed by atoms with Crippen LogP contribution in [0.1, 0.15) is 44.7 Å². The number of nitrogens with zero attached hydrogens (tertiary/aromatic N) is 3. The lowest BCUT2D eigenvalue weighted by Gasteiger charge is -2.33. The number of hydrogen-bond donors (Lipinski definition) is 1. The van der Waals surface area contributed by atoms with Gasteiger partial charge in [-0.2, -0.15) is 5.10 Å². The average molecular weight is 459 g/mol. The third kappa shape index (κ3) is 5.33. The molecule has 0 saturated carbocycles. The lowest BCUT2D eigenvalue weighted by atomic mass is 9.90. The number of rotatable bonds is 6. The minimum atomic E-state index is -0.467. The van der Waals surface area contributed by atoms with E-state index in [0.717, 1.165) is 37.1 Å². The molecule has 1 saturated heterocycles. The molecule has 178 valence electrons. The van der Waals surface area contributed by atoms with Gasteiger partial charge in [0.2, 0.25) is 0 Å². The van der Waals surface area contributed by atoms with E-state index in [2.05, 4.69) is 57.6 Å². The number of aromatic amines is 1. The molecule has 6 heteroatoms. The van der Waals surface area contributed by atoms with E-state index in [-0.39, 0.29) is 12.5 Å². The lowest BCUT2D eigenvalue weighted by Crippen LogP contribution is -2.35. The number of ether oxygens (including phenoxy) is 1. The number of benzene rings is 2. The minimum absolute atomic E-state index is 0.208. The number of H-pyrrole nitrogens is 1. The Balaban J connectivity index is 1.21. The van der Waals surface area contributed by atoms with Gasteiger partial charge in [0.25, 0.3) is 0 Å². The molecule has 1 aliphatic heterocycles. The van der Waals surface area contributed by atoms with Gasteiger partial charge in [-0.1, -0.05) is 12.1 Å². The molecule has 5 rings (SSSR count). The molecule has 0 spiro atoms. The molecule has 4 aromatic rings. The van der Waals surface area contributed by atoms with Crippen LogP contribution in [0.3, 0.4) is 0 Å². The van der Waals surface area contributed by atoms with E-state index < -0.39 is 5.60 Å². The second kappa shape index (κ2) is 9.26. The van der Waals surface area contributed by atoms with Crippen molar-refractivity contribution < 1.29 is 9.53 Å². The molecule has 1 N–H and O–H groups in total. The highest BCUT2D eigenvalue weighted by atomic mass is 16.6. The van der Waals surface area contributed by atoms with Crippen molar-refractivity contribution in [3.63, 3.8) is 0 Å². The van der Waals surface area contributed by atoms with Crippen LogP contribution in [0.5, 0.6) is 0 Å². The van der Waals surface area contributed by atoms with E-state index in [1.165, 1.54) is 34.7 Å². The van der Waals surface area contributed by atoms with Crippen LogP contribution in [0, 0.1) is 5.92 Å². The summed E-state index contributed by atoms with van der Waals surface area (Å²) in [6, 6.07) is 15.3. The maximum Gasteiger partial charge on any atom is 0.326 e. The van der Waals surface area contributed by atoms with Gasteiger partial charge in [-0.05, 0) is 99.3 Å². The Labute approximate surface area is 200 Å². The molecule has 0 amide bonds. The van der Waals surface area contributed by atoms with E-state index in [0.29, 0.717) is 5.92 Å². The summed E-state index contributed by atoms with van der Waals surface area (Å²) in [6.07, 6.45) is 7.53. The van der Waals surface area contributed by atoms with Crippen LogP contribution in [-0.2, 0) is 29.0 Å². The highest BCUT2D eigenvalue weighted by molar-refractivity contribution is 5.82. The standard InChI is InChI=1S/C28H34N4O2/c1-28(2,3)34-27(33)19-32-12-10-23-15-22(7-9-26(23)32)18-31-11-4-5-21(17-31)13-20-6-8-25-24(14-20)16-29-30-25/h6-10,12,14-16,21H,4-5,11,13,17-19H2,1-3H3,(H,29,30). The third-order valence-corrected chi connectivity index (χ3v) is 6.59. The molecule has 1 unspecified atom stereocenters. The van der Waals surface area contributed by atoms with E-state index in [4.69, 9.17) is 4.74 Å². The van der Waals surface area contributed by atoms with E-state index in [9.17, 15) is 4.79 Å². The fourth-order valence-electron chi connectivity index (χ4n) is 5.17. The van der Waals surface area contributed by atoms with Crippen molar-refractivity contribution in [3.05, 3.63) is 66.0 Å². The first kappa shape index (κ1) is 22.7. The first-order chi connectivity index (χ1) is 16.3. The van der Waals surface area contributed by atoms with Crippen molar-refractivity contribution in [1.82, 2.24) is 19.7 Å². The van der Waals surface area contributed by atoms with Crippen LogP contribution in [0.25, 0.3) is 21.8 Å². The molecule has 1 fully saturated rings. The third-order valence-electron chi connectivity index (χ3n) is 6.59. The van der Waals surface area contributed by atoms with E-state index >= 15 is 0 Å². The SMILES string of the molecule is CC(C)(C)OC(=O)Cn1ccc2cc(CN3CCCC(Cc4ccc5[nH]ncc5c4)C3)ccc21. The van der Waals surface area contributed by atoms with Crippen LogP contribution >= 0.6 is 0 Å². The van der Waals surface area contributed by atoms with Crippen molar-refractivity contribution in [2.45, 2.75) is 58.7 Å². The van der Waals surface area contributed by atoms with Crippen molar-refractivity contribution in [2.24, 2.45) is 5.92 Å². The molecule has 0 bridgehead atoms. The van der Waals surface area contributed by atoms with E-state index in [1.54, 1.807) is 0 Å². The molecule has 3 heterocycles. The zero-order valence-electron chi connectivity index (χ0n) is 20.4. The van der Waals surface area contributed by atoms with Crippen molar-refractivity contribution >= 4 is 27.8 Å².